The van der Waals surface area contributed by atoms with Crippen molar-refractivity contribution in [3.8, 4) is 5.75 Å². The summed E-state index contributed by atoms with van der Waals surface area (Å²) in [5.74, 6) is -0.712. The predicted molar refractivity (Wildman–Crippen MR) is 80.6 cm³/mol. The van der Waals surface area contributed by atoms with Gasteiger partial charge in [-0.25, -0.2) is 9.18 Å². The second-order valence-corrected chi connectivity index (χ2v) is 5.44. The summed E-state index contributed by atoms with van der Waals surface area (Å²) in [6, 6.07) is 10.1. The maximum absolute atomic E-state index is 13.5. The van der Waals surface area contributed by atoms with E-state index in [0.29, 0.717) is 11.1 Å². The minimum absolute atomic E-state index is 0.170. The molecule has 1 unspecified atom stereocenters. The Kier molecular flexibility index (Phi) is 3.55. The molecule has 0 fully saturated rings. The van der Waals surface area contributed by atoms with Crippen LogP contribution in [-0.2, 0) is 0 Å². The first-order chi connectivity index (χ1) is 10.1. The first-order valence-corrected chi connectivity index (χ1v) is 7.10. The summed E-state index contributed by atoms with van der Waals surface area (Å²) in [6.45, 7) is 0. The minimum Gasteiger partial charge on any atom is -0.494 e. The third-order valence-electron chi connectivity index (χ3n) is 3.21. The molecule has 0 saturated heterocycles. The highest BCUT2D eigenvalue weighted by Crippen LogP contribution is 2.34. The summed E-state index contributed by atoms with van der Waals surface area (Å²) >= 11 is 3.57. The fourth-order valence-electron chi connectivity index (χ4n) is 2.15. The van der Waals surface area contributed by atoms with E-state index < -0.39 is 11.6 Å². The average Bonchev–Trinajstić information content (AvgIpc) is 2.86. The van der Waals surface area contributed by atoms with E-state index in [1.165, 1.54) is 13.2 Å². The number of oxazole rings is 1. The van der Waals surface area contributed by atoms with Gasteiger partial charge in [-0.15, -0.1) is 0 Å². The standard InChI is InChI=1S/C15H11BrFNO3/c1-20-12-6-8(2-4-10(12)17)14(16)9-3-5-11-13(7-9)21-15(19)18-11/h2-7,14H,1H3,(H,18,19). The van der Waals surface area contributed by atoms with Crippen molar-refractivity contribution >= 4 is 27.0 Å². The van der Waals surface area contributed by atoms with Crippen LogP contribution in [0.2, 0.25) is 0 Å². The molecular formula is C15H11BrFNO3. The fourth-order valence-corrected chi connectivity index (χ4v) is 2.72. The molecule has 21 heavy (non-hydrogen) atoms. The Morgan fingerprint density at radius 2 is 1.95 bits per heavy atom. The third kappa shape index (κ3) is 2.58. The van der Waals surface area contributed by atoms with Gasteiger partial charge in [0.05, 0.1) is 17.5 Å². The van der Waals surface area contributed by atoms with Crippen molar-refractivity contribution in [1.29, 1.82) is 0 Å². The molecule has 0 aliphatic heterocycles. The number of aromatic nitrogens is 1. The molecule has 3 aromatic rings. The zero-order valence-corrected chi connectivity index (χ0v) is 12.6. The van der Waals surface area contributed by atoms with Gasteiger partial charge in [-0.3, -0.25) is 4.98 Å². The van der Waals surface area contributed by atoms with Gasteiger partial charge in [-0.05, 0) is 35.4 Å². The number of nitrogens with one attached hydrogen (secondary N) is 1. The first kappa shape index (κ1) is 13.9. The molecule has 1 heterocycles. The SMILES string of the molecule is COc1cc(C(Br)c2ccc3[nH]c(=O)oc3c2)ccc1F. The van der Waals surface area contributed by atoms with E-state index in [0.717, 1.165) is 11.1 Å². The number of hydrogen-bond acceptors (Lipinski definition) is 3. The lowest BCUT2D eigenvalue weighted by molar-refractivity contribution is 0.386. The molecule has 108 valence electrons. The number of fused-ring (bicyclic) bond motifs is 1. The van der Waals surface area contributed by atoms with E-state index in [-0.39, 0.29) is 10.6 Å². The van der Waals surface area contributed by atoms with Crippen LogP contribution >= 0.6 is 15.9 Å². The van der Waals surface area contributed by atoms with Crippen LogP contribution in [0, 0.1) is 5.82 Å². The van der Waals surface area contributed by atoms with Gasteiger partial charge < -0.3 is 9.15 Å². The monoisotopic (exact) mass is 351 g/mol. The predicted octanol–water partition coefficient (Wildman–Crippen LogP) is 3.75. The van der Waals surface area contributed by atoms with Crippen LogP contribution in [0.3, 0.4) is 0 Å². The van der Waals surface area contributed by atoms with Gasteiger partial charge in [0.15, 0.2) is 17.1 Å². The quantitative estimate of drug-likeness (QED) is 0.731. The number of halogens is 2. The van der Waals surface area contributed by atoms with Gasteiger partial charge in [-0.1, -0.05) is 28.1 Å². The first-order valence-electron chi connectivity index (χ1n) is 6.19. The minimum atomic E-state index is -0.489. The Bertz CT molecular complexity index is 855. The number of rotatable bonds is 3. The number of alkyl halides is 1. The molecule has 2 aromatic carbocycles. The van der Waals surface area contributed by atoms with Crippen LogP contribution in [0.25, 0.3) is 11.1 Å². The molecule has 0 radical (unpaired) electrons. The van der Waals surface area contributed by atoms with Crippen molar-refractivity contribution in [3.63, 3.8) is 0 Å². The van der Waals surface area contributed by atoms with Gasteiger partial charge in [0.1, 0.15) is 0 Å². The summed E-state index contributed by atoms with van der Waals surface area (Å²) in [4.78, 5) is 13.6. The van der Waals surface area contributed by atoms with E-state index in [1.54, 1.807) is 24.3 Å². The summed E-state index contributed by atoms with van der Waals surface area (Å²) in [7, 11) is 1.42. The molecule has 6 heteroatoms. The molecule has 0 bridgehead atoms. The molecule has 4 nitrogen and oxygen atoms in total. The molecule has 1 aromatic heterocycles. The molecule has 0 aliphatic carbocycles. The molecule has 1 atom stereocenters. The van der Waals surface area contributed by atoms with Crippen molar-refractivity contribution in [1.82, 2.24) is 4.98 Å². The average molecular weight is 352 g/mol. The van der Waals surface area contributed by atoms with E-state index in [4.69, 9.17) is 9.15 Å². The maximum atomic E-state index is 13.5. The summed E-state index contributed by atoms with van der Waals surface area (Å²) in [6.07, 6.45) is 0. The molecule has 1 N–H and O–H groups in total. The molecule has 3 rings (SSSR count). The van der Waals surface area contributed by atoms with Crippen molar-refractivity contribution in [2.75, 3.05) is 7.11 Å². The normalized spacial score (nSPS) is 12.5. The maximum Gasteiger partial charge on any atom is 0.417 e. The zero-order chi connectivity index (χ0) is 15.0. The van der Waals surface area contributed by atoms with Gasteiger partial charge in [0, 0.05) is 0 Å². The number of methoxy groups -OCH3 is 1. The Labute approximate surface area is 127 Å². The number of H-pyrrole nitrogens is 1. The van der Waals surface area contributed by atoms with Crippen molar-refractivity contribution in [2.45, 2.75) is 4.83 Å². The summed E-state index contributed by atoms with van der Waals surface area (Å²) in [5, 5.41) is 0. The van der Waals surface area contributed by atoms with Crippen LogP contribution < -0.4 is 10.5 Å². The zero-order valence-electron chi connectivity index (χ0n) is 11.0. The van der Waals surface area contributed by atoms with Crippen LogP contribution in [0.1, 0.15) is 16.0 Å². The number of hydrogen-bond donors (Lipinski definition) is 1. The second-order valence-electron chi connectivity index (χ2n) is 4.53. The number of aromatic amines is 1. The van der Waals surface area contributed by atoms with Crippen LogP contribution in [0.4, 0.5) is 4.39 Å². The smallest absolute Gasteiger partial charge is 0.417 e. The van der Waals surface area contributed by atoms with E-state index in [2.05, 4.69) is 20.9 Å². The summed E-state index contributed by atoms with van der Waals surface area (Å²) in [5.41, 5.74) is 2.85. The molecule has 0 amide bonds. The topological polar surface area (TPSA) is 55.2 Å². The Hall–Kier alpha value is -2.08. The van der Waals surface area contributed by atoms with E-state index >= 15 is 0 Å². The molecule has 0 aliphatic rings. The highest BCUT2D eigenvalue weighted by Gasteiger charge is 2.14. The van der Waals surface area contributed by atoms with E-state index in [9.17, 15) is 9.18 Å². The van der Waals surface area contributed by atoms with Crippen LogP contribution in [-0.4, -0.2) is 12.1 Å². The number of ether oxygens (including phenoxy) is 1. The highest BCUT2D eigenvalue weighted by atomic mass is 79.9. The fraction of sp³-hybridized carbons (Fsp3) is 0.133. The highest BCUT2D eigenvalue weighted by molar-refractivity contribution is 9.09. The third-order valence-corrected chi connectivity index (χ3v) is 4.26. The van der Waals surface area contributed by atoms with Crippen molar-refractivity contribution in [2.24, 2.45) is 0 Å². The molecular weight excluding hydrogens is 341 g/mol. The lowest BCUT2D eigenvalue weighted by Gasteiger charge is -2.12. The van der Waals surface area contributed by atoms with Crippen molar-refractivity contribution in [3.05, 3.63) is 63.9 Å². The van der Waals surface area contributed by atoms with Gasteiger partial charge in [0.2, 0.25) is 0 Å². The molecule has 0 spiro atoms. The van der Waals surface area contributed by atoms with E-state index in [1.807, 2.05) is 6.07 Å². The van der Waals surface area contributed by atoms with Crippen LogP contribution in [0.15, 0.2) is 45.6 Å². The Balaban J connectivity index is 2.02. The van der Waals surface area contributed by atoms with Gasteiger partial charge in [0.25, 0.3) is 0 Å². The largest absolute Gasteiger partial charge is 0.494 e. The molecule has 0 saturated carbocycles. The lowest BCUT2D eigenvalue weighted by Crippen LogP contribution is -1.95. The van der Waals surface area contributed by atoms with Gasteiger partial charge in [-0.2, -0.15) is 0 Å². The van der Waals surface area contributed by atoms with Crippen molar-refractivity contribution < 1.29 is 13.5 Å². The Morgan fingerprint density at radius 1 is 1.24 bits per heavy atom. The van der Waals surface area contributed by atoms with Gasteiger partial charge >= 0.3 is 5.76 Å². The summed E-state index contributed by atoms with van der Waals surface area (Å²) < 4.78 is 23.5. The second kappa shape index (κ2) is 5.37. The number of benzene rings is 2. The Morgan fingerprint density at radius 3 is 2.71 bits per heavy atom. The van der Waals surface area contributed by atoms with Crippen LogP contribution in [0.5, 0.6) is 5.75 Å². The lowest BCUT2D eigenvalue weighted by atomic mass is 10.0.